The van der Waals surface area contributed by atoms with Gasteiger partial charge in [0, 0.05) is 38.3 Å². The highest BCUT2D eigenvalue weighted by molar-refractivity contribution is 5.79. The number of likely N-dealkylation sites (tertiary alicyclic amines) is 1. The van der Waals surface area contributed by atoms with E-state index in [1.807, 2.05) is 4.90 Å². The summed E-state index contributed by atoms with van der Waals surface area (Å²) >= 11 is 0. The molecule has 0 bridgehead atoms. The van der Waals surface area contributed by atoms with Crippen LogP contribution in [0.3, 0.4) is 0 Å². The minimum atomic E-state index is -0.741. The molecule has 1 atom stereocenters. The van der Waals surface area contributed by atoms with Crippen molar-refractivity contribution >= 4 is 17.7 Å². The highest BCUT2D eigenvalue weighted by Crippen LogP contribution is 2.23. The van der Waals surface area contributed by atoms with Gasteiger partial charge < -0.3 is 10.0 Å². The Morgan fingerprint density at radius 2 is 1.76 bits per heavy atom. The monoisotopic (exact) mass is 353 g/mol. The Morgan fingerprint density at radius 3 is 2.48 bits per heavy atom. The van der Waals surface area contributed by atoms with Crippen LogP contribution >= 0.6 is 0 Å². The quantitative estimate of drug-likeness (QED) is 0.472. The number of hydrogen-bond acceptors (Lipinski definition) is 3. The maximum absolute atomic E-state index is 12.2. The van der Waals surface area contributed by atoms with Gasteiger partial charge in [-0.3, -0.25) is 14.4 Å². The summed E-state index contributed by atoms with van der Waals surface area (Å²) in [6.07, 6.45) is 11.6. The first-order valence-electron chi connectivity index (χ1n) is 10.1. The van der Waals surface area contributed by atoms with Gasteiger partial charge >= 0.3 is 5.97 Å². The molecule has 0 aliphatic carbocycles. The predicted octanol–water partition coefficient (Wildman–Crippen LogP) is 4.33. The topological polar surface area (TPSA) is 74.7 Å². The molecule has 1 heterocycles. The molecular formula is C20H35NO4. The third kappa shape index (κ3) is 9.61. The highest BCUT2D eigenvalue weighted by atomic mass is 16.4. The third-order valence-electron chi connectivity index (χ3n) is 5.04. The first kappa shape index (κ1) is 21.7. The van der Waals surface area contributed by atoms with E-state index in [9.17, 15) is 14.4 Å². The molecule has 0 aromatic heterocycles. The van der Waals surface area contributed by atoms with Crippen LogP contribution in [0.25, 0.3) is 0 Å². The summed E-state index contributed by atoms with van der Waals surface area (Å²) in [6, 6.07) is 0.218. The largest absolute Gasteiger partial charge is 0.481 e. The summed E-state index contributed by atoms with van der Waals surface area (Å²) in [5, 5.41) is 8.63. The predicted molar refractivity (Wildman–Crippen MR) is 98.5 cm³/mol. The number of carbonyl (C=O) groups excluding carboxylic acids is 2. The molecule has 1 saturated heterocycles. The summed E-state index contributed by atoms with van der Waals surface area (Å²) in [4.78, 5) is 36.7. The van der Waals surface area contributed by atoms with Crippen LogP contribution in [-0.2, 0) is 14.4 Å². The van der Waals surface area contributed by atoms with Crippen LogP contribution in [-0.4, -0.2) is 40.3 Å². The normalized spacial score (nSPS) is 17.7. The Kier molecular flexibility index (Phi) is 11.2. The van der Waals surface area contributed by atoms with Crippen molar-refractivity contribution in [1.29, 1.82) is 0 Å². The van der Waals surface area contributed by atoms with Gasteiger partial charge in [0.25, 0.3) is 0 Å². The number of ketones is 1. The molecule has 5 heteroatoms. The van der Waals surface area contributed by atoms with Crippen LogP contribution in [0.4, 0.5) is 0 Å². The molecule has 0 spiro atoms. The van der Waals surface area contributed by atoms with E-state index in [1.54, 1.807) is 0 Å². The number of nitrogens with zero attached hydrogens (tertiary/aromatic N) is 1. The number of hydrogen-bond donors (Lipinski definition) is 1. The zero-order valence-corrected chi connectivity index (χ0v) is 15.8. The van der Waals surface area contributed by atoms with Gasteiger partial charge in [-0.25, -0.2) is 0 Å². The third-order valence-corrected chi connectivity index (χ3v) is 5.04. The average molecular weight is 354 g/mol. The van der Waals surface area contributed by atoms with Crippen molar-refractivity contribution in [2.75, 3.05) is 6.54 Å². The average Bonchev–Trinajstić information content (AvgIpc) is 2.57. The van der Waals surface area contributed by atoms with Crippen LogP contribution in [0.1, 0.15) is 96.8 Å². The Labute approximate surface area is 152 Å². The summed E-state index contributed by atoms with van der Waals surface area (Å²) < 4.78 is 0. The van der Waals surface area contributed by atoms with Crippen molar-refractivity contribution in [3.63, 3.8) is 0 Å². The zero-order chi connectivity index (χ0) is 18.5. The fraction of sp³-hybridized carbons (Fsp3) is 0.850. The molecule has 0 unspecified atom stereocenters. The molecule has 0 radical (unpaired) electrons. The van der Waals surface area contributed by atoms with Crippen LogP contribution in [0.15, 0.2) is 0 Å². The van der Waals surface area contributed by atoms with Crippen LogP contribution in [0.5, 0.6) is 0 Å². The highest BCUT2D eigenvalue weighted by Gasteiger charge is 2.27. The minimum absolute atomic E-state index is 0.218. The molecule has 0 aromatic carbocycles. The number of carbonyl (C=O) groups is 3. The van der Waals surface area contributed by atoms with Crippen molar-refractivity contribution in [3.05, 3.63) is 0 Å². The number of rotatable bonds is 14. The van der Waals surface area contributed by atoms with E-state index < -0.39 is 5.97 Å². The van der Waals surface area contributed by atoms with Crippen molar-refractivity contribution in [1.82, 2.24) is 4.90 Å². The molecular weight excluding hydrogens is 318 g/mol. The first-order valence-corrected chi connectivity index (χ1v) is 10.1. The van der Waals surface area contributed by atoms with Crippen LogP contribution < -0.4 is 0 Å². The standard InChI is InChI=1S/C20H35NO4/c1-2-3-6-11-18(22)15-14-17-10-9-12-19(23)21(17)16-8-5-4-7-13-20(24)25/h17H,2-16H2,1H3,(H,24,25)/t17-/m1/s1. The lowest BCUT2D eigenvalue weighted by Gasteiger charge is -2.36. The van der Waals surface area contributed by atoms with E-state index in [1.165, 1.54) is 0 Å². The van der Waals surface area contributed by atoms with Crippen LogP contribution in [0.2, 0.25) is 0 Å². The van der Waals surface area contributed by atoms with E-state index in [-0.39, 0.29) is 18.4 Å². The molecule has 0 saturated carbocycles. The lowest BCUT2D eigenvalue weighted by atomic mass is 9.95. The Hall–Kier alpha value is -1.39. The maximum atomic E-state index is 12.2. The first-order chi connectivity index (χ1) is 12.0. The molecule has 1 amide bonds. The van der Waals surface area contributed by atoms with Crippen molar-refractivity contribution in [2.24, 2.45) is 0 Å². The van der Waals surface area contributed by atoms with Gasteiger partial charge in [0.2, 0.25) is 5.91 Å². The Balaban J connectivity index is 2.29. The number of Topliss-reactive ketones (excluding diaryl/α,β-unsaturated/α-hetero) is 1. The second-order valence-corrected chi connectivity index (χ2v) is 7.23. The van der Waals surface area contributed by atoms with Gasteiger partial charge in [-0.2, -0.15) is 0 Å². The molecule has 25 heavy (non-hydrogen) atoms. The van der Waals surface area contributed by atoms with Crippen LogP contribution in [0, 0.1) is 0 Å². The summed E-state index contributed by atoms with van der Waals surface area (Å²) in [5.74, 6) is -0.185. The molecule has 1 aliphatic heterocycles. The zero-order valence-electron chi connectivity index (χ0n) is 15.8. The fourth-order valence-electron chi connectivity index (χ4n) is 3.54. The van der Waals surface area contributed by atoms with E-state index in [4.69, 9.17) is 5.11 Å². The number of unbranched alkanes of at least 4 members (excludes halogenated alkanes) is 5. The minimum Gasteiger partial charge on any atom is -0.481 e. The van der Waals surface area contributed by atoms with E-state index in [2.05, 4.69) is 6.92 Å². The Morgan fingerprint density at radius 1 is 1.04 bits per heavy atom. The van der Waals surface area contributed by atoms with Gasteiger partial charge in [0.1, 0.15) is 5.78 Å². The lowest BCUT2D eigenvalue weighted by Crippen LogP contribution is -2.44. The summed E-state index contributed by atoms with van der Waals surface area (Å²) in [5.41, 5.74) is 0. The Bertz CT molecular complexity index is 422. The second-order valence-electron chi connectivity index (χ2n) is 7.23. The summed E-state index contributed by atoms with van der Waals surface area (Å²) in [6.45, 7) is 2.89. The number of piperidine rings is 1. The second kappa shape index (κ2) is 12.9. The maximum Gasteiger partial charge on any atom is 0.303 e. The molecule has 1 fully saturated rings. The number of amides is 1. The van der Waals surface area contributed by atoms with Crippen molar-refractivity contribution in [3.8, 4) is 0 Å². The van der Waals surface area contributed by atoms with Gasteiger partial charge in [-0.15, -0.1) is 0 Å². The molecule has 1 aliphatic rings. The molecule has 0 aromatic rings. The van der Waals surface area contributed by atoms with Crippen molar-refractivity contribution < 1.29 is 19.5 Å². The number of aliphatic carboxylic acids is 1. The van der Waals surface area contributed by atoms with Crippen molar-refractivity contribution in [2.45, 2.75) is 103 Å². The molecule has 1 rings (SSSR count). The number of carboxylic acid groups (broad SMARTS) is 1. The van der Waals surface area contributed by atoms with Gasteiger partial charge in [-0.1, -0.05) is 32.6 Å². The molecule has 1 N–H and O–H groups in total. The van der Waals surface area contributed by atoms with E-state index in [0.717, 1.165) is 64.3 Å². The van der Waals surface area contributed by atoms with Gasteiger partial charge in [-0.05, 0) is 38.5 Å². The fourth-order valence-corrected chi connectivity index (χ4v) is 3.54. The molecule has 144 valence electrons. The number of carboxylic acids is 1. The van der Waals surface area contributed by atoms with E-state index in [0.29, 0.717) is 31.5 Å². The van der Waals surface area contributed by atoms with Gasteiger partial charge in [0.15, 0.2) is 0 Å². The lowest BCUT2D eigenvalue weighted by molar-refractivity contribution is -0.137. The van der Waals surface area contributed by atoms with E-state index >= 15 is 0 Å². The molecule has 5 nitrogen and oxygen atoms in total. The van der Waals surface area contributed by atoms with Gasteiger partial charge in [0.05, 0.1) is 0 Å². The summed E-state index contributed by atoms with van der Waals surface area (Å²) in [7, 11) is 0. The SMILES string of the molecule is CCCCCC(=O)CC[C@H]1CCCC(=O)N1CCCCCCC(=O)O. The smallest absolute Gasteiger partial charge is 0.303 e.